The van der Waals surface area contributed by atoms with Crippen LogP contribution in [0.4, 0.5) is 0 Å². The molecular formula is C26H28N2O5. The Morgan fingerprint density at radius 2 is 1.61 bits per heavy atom. The van der Waals surface area contributed by atoms with Crippen molar-refractivity contribution in [1.29, 1.82) is 0 Å². The molecule has 3 aliphatic rings. The quantitative estimate of drug-likeness (QED) is 0.749. The highest BCUT2D eigenvalue weighted by Gasteiger charge is 2.44. The fourth-order valence-electron chi connectivity index (χ4n) is 5.77. The molecule has 2 heterocycles. The number of benzene rings is 2. The number of hydrogen-bond acceptors (Lipinski definition) is 4. The molecule has 7 nitrogen and oxygen atoms in total. The molecule has 1 saturated carbocycles. The average molecular weight is 449 g/mol. The maximum absolute atomic E-state index is 13.7. The van der Waals surface area contributed by atoms with Gasteiger partial charge in [0.25, 0.3) is 5.91 Å². The predicted molar refractivity (Wildman–Crippen MR) is 120 cm³/mol. The van der Waals surface area contributed by atoms with Gasteiger partial charge in [-0.05, 0) is 36.5 Å². The number of fused-ring (bicyclic) bond motifs is 2. The summed E-state index contributed by atoms with van der Waals surface area (Å²) in [5, 5.41) is 20.6. The van der Waals surface area contributed by atoms with Crippen LogP contribution in [0, 0.1) is 11.8 Å². The summed E-state index contributed by atoms with van der Waals surface area (Å²) in [6, 6.07) is 14.4. The molecule has 0 bridgehead atoms. The summed E-state index contributed by atoms with van der Waals surface area (Å²) in [6.45, 7) is 0.621. The van der Waals surface area contributed by atoms with Gasteiger partial charge in [0, 0.05) is 24.2 Å². The third kappa shape index (κ3) is 3.70. The summed E-state index contributed by atoms with van der Waals surface area (Å²) in [5.74, 6) is -2.55. The minimum absolute atomic E-state index is 0.153. The van der Waals surface area contributed by atoms with Crippen LogP contribution in [0.25, 0.3) is 0 Å². The molecule has 2 aromatic rings. The van der Waals surface area contributed by atoms with Gasteiger partial charge in [0.1, 0.15) is 0 Å². The Morgan fingerprint density at radius 3 is 2.33 bits per heavy atom. The summed E-state index contributed by atoms with van der Waals surface area (Å²) >= 11 is 0. The monoisotopic (exact) mass is 448 g/mol. The molecular weight excluding hydrogens is 420 g/mol. The van der Waals surface area contributed by atoms with Crippen molar-refractivity contribution in [3.05, 3.63) is 70.8 Å². The lowest BCUT2D eigenvalue weighted by Gasteiger charge is -2.42. The molecule has 5 rings (SSSR count). The largest absolute Gasteiger partial charge is 0.481 e. The highest BCUT2D eigenvalue weighted by molar-refractivity contribution is 5.99. The van der Waals surface area contributed by atoms with E-state index in [0.29, 0.717) is 36.9 Å². The molecule has 172 valence electrons. The van der Waals surface area contributed by atoms with E-state index in [1.165, 1.54) is 4.90 Å². The first-order valence-corrected chi connectivity index (χ1v) is 11.7. The Morgan fingerprint density at radius 1 is 0.939 bits per heavy atom. The fraction of sp³-hybridized carbons (Fsp3) is 0.423. The minimum atomic E-state index is -1.07. The molecule has 4 unspecified atom stereocenters. The maximum Gasteiger partial charge on any atom is 0.307 e. The molecule has 0 saturated heterocycles. The normalized spacial score (nSPS) is 26.6. The van der Waals surface area contributed by atoms with E-state index in [-0.39, 0.29) is 18.4 Å². The summed E-state index contributed by atoms with van der Waals surface area (Å²) < 4.78 is 0. The van der Waals surface area contributed by atoms with E-state index in [0.717, 1.165) is 24.0 Å². The van der Waals surface area contributed by atoms with Crippen molar-refractivity contribution in [3.63, 3.8) is 0 Å². The number of carboxylic acids is 1. The predicted octanol–water partition coefficient (Wildman–Crippen LogP) is 3.15. The molecule has 1 fully saturated rings. The summed E-state index contributed by atoms with van der Waals surface area (Å²) in [4.78, 5) is 41.9. The maximum atomic E-state index is 13.7. The van der Waals surface area contributed by atoms with Gasteiger partial charge < -0.3 is 20.0 Å². The Hall–Kier alpha value is -3.19. The average Bonchev–Trinajstić information content (AvgIpc) is 3.08. The summed E-state index contributed by atoms with van der Waals surface area (Å²) in [5.41, 5.74) is 3.12. The van der Waals surface area contributed by atoms with Gasteiger partial charge >= 0.3 is 5.97 Å². The Labute approximate surface area is 192 Å². The van der Waals surface area contributed by atoms with Crippen molar-refractivity contribution in [3.8, 4) is 0 Å². The van der Waals surface area contributed by atoms with Gasteiger partial charge in [-0.15, -0.1) is 0 Å². The Balaban J connectivity index is 1.48. The van der Waals surface area contributed by atoms with E-state index in [2.05, 4.69) is 0 Å². The van der Waals surface area contributed by atoms with Crippen LogP contribution >= 0.6 is 0 Å². The zero-order chi connectivity index (χ0) is 23.1. The van der Waals surface area contributed by atoms with E-state index in [1.54, 1.807) is 29.2 Å². The van der Waals surface area contributed by atoms with E-state index in [4.69, 9.17) is 0 Å². The van der Waals surface area contributed by atoms with E-state index < -0.39 is 30.1 Å². The summed E-state index contributed by atoms with van der Waals surface area (Å²) in [7, 11) is 0. The number of aliphatic hydroxyl groups is 1. The molecule has 2 amide bonds. The number of amides is 2. The molecule has 2 aliphatic heterocycles. The number of rotatable bonds is 4. The number of nitrogens with zero attached hydrogens (tertiary/aromatic N) is 2. The highest BCUT2D eigenvalue weighted by Crippen LogP contribution is 2.39. The van der Waals surface area contributed by atoms with E-state index >= 15 is 0 Å². The molecule has 1 aliphatic carbocycles. The molecule has 33 heavy (non-hydrogen) atoms. The lowest BCUT2D eigenvalue weighted by molar-refractivity contribution is -0.154. The molecule has 4 atom stereocenters. The van der Waals surface area contributed by atoms with Crippen molar-refractivity contribution in [2.45, 2.75) is 44.4 Å². The summed E-state index contributed by atoms with van der Waals surface area (Å²) in [6.07, 6.45) is 2.35. The SMILES string of the molecule is O=C(O)C1CCCCC1C(=O)N1CCc2ccccc2C1CN1C(=O)c2ccccc2C1O. The van der Waals surface area contributed by atoms with Gasteiger partial charge in [-0.25, -0.2) is 0 Å². The van der Waals surface area contributed by atoms with Crippen molar-refractivity contribution in [2.75, 3.05) is 13.1 Å². The van der Waals surface area contributed by atoms with Crippen molar-refractivity contribution in [2.24, 2.45) is 11.8 Å². The molecule has 0 aromatic heterocycles. The van der Waals surface area contributed by atoms with Gasteiger partial charge in [-0.2, -0.15) is 0 Å². The topological polar surface area (TPSA) is 98.2 Å². The molecule has 7 heteroatoms. The lowest BCUT2D eigenvalue weighted by atomic mass is 9.77. The van der Waals surface area contributed by atoms with Crippen LogP contribution < -0.4 is 0 Å². The van der Waals surface area contributed by atoms with Crippen LogP contribution in [0.3, 0.4) is 0 Å². The van der Waals surface area contributed by atoms with Gasteiger partial charge in [0.2, 0.25) is 5.91 Å². The smallest absolute Gasteiger partial charge is 0.307 e. The van der Waals surface area contributed by atoms with Crippen molar-refractivity contribution in [1.82, 2.24) is 9.80 Å². The third-order valence-corrected chi connectivity index (χ3v) is 7.49. The molecule has 0 spiro atoms. The van der Waals surface area contributed by atoms with Crippen LogP contribution in [0.2, 0.25) is 0 Å². The van der Waals surface area contributed by atoms with E-state index in [1.807, 2.05) is 24.3 Å². The second kappa shape index (κ2) is 8.63. The number of aliphatic hydroxyl groups excluding tert-OH is 1. The molecule has 2 aromatic carbocycles. The Kier molecular flexibility index (Phi) is 5.66. The van der Waals surface area contributed by atoms with Crippen LogP contribution in [-0.4, -0.2) is 50.9 Å². The fourth-order valence-corrected chi connectivity index (χ4v) is 5.77. The van der Waals surface area contributed by atoms with Gasteiger partial charge in [-0.3, -0.25) is 14.4 Å². The number of carbonyl (C=O) groups excluding carboxylic acids is 2. The molecule has 0 radical (unpaired) electrons. The first-order valence-electron chi connectivity index (χ1n) is 11.7. The van der Waals surface area contributed by atoms with Crippen LogP contribution in [0.1, 0.15) is 65.0 Å². The minimum Gasteiger partial charge on any atom is -0.481 e. The van der Waals surface area contributed by atoms with Gasteiger partial charge in [0.05, 0.1) is 17.9 Å². The number of hydrogen-bond donors (Lipinski definition) is 2. The standard InChI is InChI=1S/C26H28N2O5/c29-23(20-11-5-6-12-21(20)26(32)33)27-14-13-16-7-1-2-8-17(16)22(27)15-28-24(30)18-9-3-4-10-19(18)25(28)31/h1-4,7-10,20-22,24,30H,5-6,11-15H2,(H,32,33). The lowest BCUT2D eigenvalue weighted by Crippen LogP contribution is -2.50. The van der Waals surface area contributed by atoms with Crippen LogP contribution in [0.5, 0.6) is 0 Å². The first-order chi connectivity index (χ1) is 16.0. The van der Waals surface area contributed by atoms with Crippen LogP contribution in [0.15, 0.2) is 48.5 Å². The Bertz CT molecular complexity index is 1100. The van der Waals surface area contributed by atoms with Gasteiger partial charge in [0.15, 0.2) is 6.23 Å². The third-order valence-electron chi connectivity index (χ3n) is 7.49. The number of carbonyl (C=O) groups is 3. The van der Waals surface area contributed by atoms with Crippen molar-refractivity contribution < 1.29 is 24.6 Å². The first kappa shape index (κ1) is 21.6. The van der Waals surface area contributed by atoms with E-state index in [9.17, 15) is 24.6 Å². The zero-order valence-corrected chi connectivity index (χ0v) is 18.4. The van der Waals surface area contributed by atoms with Crippen molar-refractivity contribution >= 4 is 17.8 Å². The zero-order valence-electron chi connectivity index (χ0n) is 18.4. The highest BCUT2D eigenvalue weighted by atomic mass is 16.4. The van der Waals surface area contributed by atoms with Gasteiger partial charge in [-0.1, -0.05) is 55.3 Å². The second-order valence-corrected chi connectivity index (χ2v) is 9.25. The second-order valence-electron chi connectivity index (χ2n) is 9.25. The number of carboxylic acid groups (broad SMARTS) is 1. The molecule has 2 N–H and O–H groups in total. The number of aliphatic carboxylic acids is 1. The van der Waals surface area contributed by atoms with Crippen LogP contribution in [-0.2, 0) is 16.0 Å².